The summed E-state index contributed by atoms with van der Waals surface area (Å²) >= 11 is 5.67. The number of rotatable bonds is 2. The highest BCUT2D eigenvalue weighted by Gasteiger charge is 2.33. The van der Waals surface area contributed by atoms with E-state index < -0.39 is 17.0 Å². The maximum absolute atomic E-state index is 13.3. The number of hydrogen-bond acceptors (Lipinski definition) is 2. The van der Waals surface area contributed by atoms with Crippen LogP contribution < -0.4 is 0 Å². The molecule has 7 heteroatoms. The molecule has 3 nitrogen and oxygen atoms in total. The van der Waals surface area contributed by atoms with E-state index in [0.717, 1.165) is 6.07 Å². The second kappa shape index (κ2) is 5.85. The van der Waals surface area contributed by atoms with Gasteiger partial charge in [-0.3, -0.25) is 9.78 Å². The molecule has 2 aromatic heterocycles. The molecule has 0 amide bonds. The van der Waals surface area contributed by atoms with Gasteiger partial charge in [-0.25, -0.2) is 0 Å². The van der Waals surface area contributed by atoms with Gasteiger partial charge in [0.15, 0.2) is 0 Å². The van der Waals surface area contributed by atoms with Gasteiger partial charge < -0.3 is 4.57 Å². The van der Waals surface area contributed by atoms with E-state index in [4.69, 9.17) is 11.6 Å². The van der Waals surface area contributed by atoms with Crippen molar-refractivity contribution in [3.8, 4) is 5.69 Å². The van der Waals surface area contributed by atoms with E-state index >= 15 is 0 Å². The van der Waals surface area contributed by atoms with Gasteiger partial charge in [0.25, 0.3) is 5.24 Å². The second-order valence-corrected chi connectivity index (χ2v) is 6.08. The van der Waals surface area contributed by atoms with Crippen LogP contribution in [0, 0.1) is 0 Å². The predicted molar refractivity (Wildman–Crippen MR) is 93.8 cm³/mol. The Kier molecular flexibility index (Phi) is 3.73. The van der Waals surface area contributed by atoms with Crippen LogP contribution in [0.3, 0.4) is 0 Å². The molecule has 0 N–H and O–H groups in total. The zero-order valence-electron chi connectivity index (χ0n) is 13.1. The lowest BCUT2D eigenvalue weighted by Crippen LogP contribution is -2.07. The van der Waals surface area contributed by atoms with Crippen molar-refractivity contribution in [1.82, 2.24) is 9.55 Å². The van der Waals surface area contributed by atoms with Crippen molar-refractivity contribution in [3.63, 3.8) is 0 Å². The number of benzene rings is 2. The van der Waals surface area contributed by atoms with Gasteiger partial charge in [-0.2, -0.15) is 13.2 Å². The van der Waals surface area contributed by atoms with Crippen LogP contribution in [-0.2, 0) is 6.18 Å². The van der Waals surface area contributed by atoms with E-state index in [1.165, 1.54) is 18.5 Å². The molecule has 0 radical (unpaired) electrons. The van der Waals surface area contributed by atoms with Crippen LogP contribution in [0.1, 0.15) is 15.9 Å². The van der Waals surface area contributed by atoms with E-state index in [2.05, 4.69) is 4.98 Å². The van der Waals surface area contributed by atoms with Gasteiger partial charge in [0.05, 0.1) is 27.8 Å². The Balaban J connectivity index is 2.08. The predicted octanol–water partition coefficient (Wildman–Crippen LogP) is 5.58. The van der Waals surface area contributed by atoms with Crippen LogP contribution >= 0.6 is 11.6 Å². The van der Waals surface area contributed by atoms with Crippen molar-refractivity contribution in [2.45, 2.75) is 6.18 Å². The minimum Gasteiger partial charge on any atom is -0.315 e. The summed E-state index contributed by atoms with van der Waals surface area (Å²) in [5, 5.41) is 0.329. The smallest absolute Gasteiger partial charge is 0.315 e. The normalized spacial score (nSPS) is 12.0. The molecule has 0 atom stereocenters. The number of nitrogens with zero attached hydrogens (tertiary/aromatic N) is 2. The lowest BCUT2D eigenvalue weighted by molar-refractivity contribution is -0.136. The molecule has 4 aromatic rings. The van der Waals surface area contributed by atoms with E-state index in [1.54, 1.807) is 41.0 Å². The minimum atomic E-state index is -4.51. The Morgan fingerprint density at radius 3 is 2.46 bits per heavy atom. The number of fused-ring (bicyclic) bond motifs is 2. The van der Waals surface area contributed by atoms with E-state index in [1.807, 2.05) is 0 Å². The van der Waals surface area contributed by atoms with Crippen molar-refractivity contribution in [3.05, 3.63) is 72.1 Å². The molecular weight excluding hydrogens is 365 g/mol. The molecule has 0 fully saturated rings. The van der Waals surface area contributed by atoms with Crippen LogP contribution in [0.2, 0.25) is 0 Å². The number of pyridine rings is 1. The van der Waals surface area contributed by atoms with Crippen LogP contribution in [0.25, 0.3) is 27.5 Å². The number of carbonyl (C=O) groups is 1. The second-order valence-electron chi connectivity index (χ2n) is 5.73. The Hall–Kier alpha value is -2.86. The molecule has 0 aliphatic rings. The van der Waals surface area contributed by atoms with Crippen molar-refractivity contribution in [2.75, 3.05) is 0 Å². The summed E-state index contributed by atoms with van der Waals surface area (Å²) in [6.45, 7) is 0. The molecule has 26 heavy (non-hydrogen) atoms. The highest BCUT2D eigenvalue weighted by Crippen LogP contribution is 2.36. The van der Waals surface area contributed by atoms with Crippen LogP contribution in [0.5, 0.6) is 0 Å². The molecular formula is C19H10ClF3N2O. The van der Waals surface area contributed by atoms with Gasteiger partial charge in [-0.1, -0.05) is 30.3 Å². The molecule has 2 aromatic carbocycles. The Bertz CT molecular complexity index is 1160. The fourth-order valence-corrected chi connectivity index (χ4v) is 3.29. The number of aromatic nitrogens is 2. The molecule has 0 spiro atoms. The first-order valence-corrected chi connectivity index (χ1v) is 8.01. The van der Waals surface area contributed by atoms with Gasteiger partial charge in [0.1, 0.15) is 0 Å². The van der Waals surface area contributed by atoms with Gasteiger partial charge in [0.2, 0.25) is 0 Å². The minimum absolute atomic E-state index is 0.144. The van der Waals surface area contributed by atoms with E-state index in [9.17, 15) is 18.0 Å². The summed E-state index contributed by atoms with van der Waals surface area (Å²) in [5.41, 5.74) is 0.498. The molecule has 0 aliphatic carbocycles. The first-order chi connectivity index (χ1) is 12.4. The molecule has 0 aliphatic heterocycles. The zero-order valence-corrected chi connectivity index (χ0v) is 13.8. The first-order valence-electron chi connectivity index (χ1n) is 7.63. The zero-order chi connectivity index (χ0) is 18.5. The fourth-order valence-electron chi connectivity index (χ4n) is 3.14. The van der Waals surface area contributed by atoms with Crippen molar-refractivity contribution >= 4 is 38.6 Å². The fraction of sp³-hybridized carbons (Fsp3) is 0.0526. The molecule has 4 rings (SSSR count). The van der Waals surface area contributed by atoms with E-state index in [0.29, 0.717) is 27.5 Å². The number of alkyl halides is 3. The quantitative estimate of drug-likeness (QED) is 0.429. The number of hydrogen-bond donors (Lipinski definition) is 0. The van der Waals surface area contributed by atoms with Gasteiger partial charge in [-0.05, 0) is 29.8 Å². The summed E-state index contributed by atoms with van der Waals surface area (Å²) in [6.07, 6.45) is -1.65. The van der Waals surface area contributed by atoms with Gasteiger partial charge in [-0.15, -0.1) is 0 Å². The maximum Gasteiger partial charge on any atom is 0.418 e. The van der Waals surface area contributed by atoms with Crippen molar-refractivity contribution < 1.29 is 18.0 Å². The highest BCUT2D eigenvalue weighted by molar-refractivity contribution is 6.68. The first kappa shape index (κ1) is 16.6. The van der Waals surface area contributed by atoms with Gasteiger partial charge >= 0.3 is 6.18 Å². The third-order valence-corrected chi connectivity index (χ3v) is 4.44. The summed E-state index contributed by atoms with van der Waals surface area (Å²) in [7, 11) is 0. The topological polar surface area (TPSA) is 34.9 Å². The van der Waals surface area contributed by atoms with E-state index in [-0.39, 0.29) is 5.52 Å². The number of carbonyl (C=O) groups excluding carboxylic acids is 1. The lowest BCUT2D eigenvalue weighted by atomic mass is 10.1. The lowest BCUT2D eigenvalue weighted by Gasteiger charge is -2.13. The van der Waals surface area contributed by atoms with Crippen LogP contribution in [0.4, 0.5) is 13.2 Å². The average molecular weight is 375 g/mol. The largest absolute Gasteiger partial charge is 0.418 e. The summed E-state index contributed by atoms with van der Waals surface area (Å²) in [5.74, 6) is 0. The standard InChI is InChI=1S/C19H10ClF3N2O/c20-18(26)13-10-25(15-7-2-1-4-11(13)15)16-8-9-24-17-12(16)5-3-6-14(17)19(21,22)23/h1-10H. The van der Waals surface area contributed by atoms with Crippen LogP contribution in [0.15, 0.2) is 60.9 Å². The molecule has 0 unspecified atom stereocenters. The van der Waals surface area contributed by atoms with Gasteiger partial charge in [0, 0.05) is 23.2 Å². The Labute approximate surface area is 150 Å². The monoisotopic (exact) mass is 374 g/mol. The average Bonchev–Trinajstić information content (AvgIpc) is 2.99. The third-order valence-electron chi connectivity index (χ3n) is 4.24. The molecule has 130 valence electrons. The Morgan fingerprint density at radius 2 is 1.73 bits per heavy atom. The molecule has 0 saturated heterocycles. The number of halogens is 4. The molecule has 0 saturated carbocycles. The summed E-state index contributed by atoms with van der Waals surface area (Å²) in [6, 6.07) is 12.6. The Morgan fingerprint density at radius 1 is 1.00 bits per heavy atom. The SMILES string of the molecule is O=C(Cl)c1cn(-c2ccnc3c(C(F)(F)F)cccc23)c2ccccc12. The van der Waals surface area contributed by atoms with Crippen molar-refractivity contribution in [2.24, 2.45) is 0 Å². The summed E-state index contributed by atoms with van der Waals surface area (Å²) in [4.78, 5) is 15.7. The highest BCUT2D eigenvalue weighted by atomic mass is 35.5. The number of para-hydroxylation sites is 2. The van der Waals surface area contributed by atoms with Crippen molar-refractivity contribution in [1.29, 1.82) is 0 Å². The molecule has 0 bridgehead atoms. The summed E-state index contributed by atoms with van der Waals surface area (Å²) < 4.78 is 41.6. The third kappa shape index (κ3) is 2.54. The maximum atomic E-state index is 13.3. The van der Waals surface area contributed by atoms with Crippen LogP contribution in [-0.4, -0.2) is 14.8 Å². The molecule has 2 heterocycles.